The van der Waals surface area contributed by atoms with E-state index in [0.717, 1.165) is 31.0 Å². The van der Waals surface area contributed by atoms with Gasteiger partial charge in [-0.3, -0.25) is 14.8 Å². The lowest BCUT2D eigenvalue weighted by molar-refractivity contribution is -0.138. The first-order valence-electron chi connectivity index (χ1n) is 7.67. The first kappa shape index (κ1) is 15.5. The Bertz CT molecular complexity index is 545. The van der Waals surface area contributed by atoms with Crippen molar-refractivity contribution in [2.75, 3.05) is 40.4 Å². The van der Waals surface area contributed by atoms with Crippen LogP contribution in [0.3, 0.4) is 0 Å². The largest absolute Gasteiger partial charge is 0.370 e. The zero-order chi connectivity index (χ0) is 15.7. The van der Waals surface area contributed by atoms with E-state index < -0.39 is 0 Å². The zero-order valence-corrected chi connectivity index (χ0v) is 13.5. The predicted molar refractivity (Wildman–Crippen MR) is 80.3 cm³/mol. The van der Waals surface area contributed by atoms with Crippen LogP contribution >= 0.6 is 0 Å². The summed E-state index contributed by atoms with van der Waals surface area (Å²) in [5, 5.41) is 7.26. The quantitative estimate of drug-likeness (QED) is 0.862. The van der Waals surface area contributed by atoms with Crippen molar-refractivity contribution in [3.8, 4) is 0 Å². The molecule has 7 heteroatoms. The number of ether oxygens (including phenoxy) is 2. The third-order valence-corrected chi connectivity index (χ3v) is 4.29. The summed E-state index contributed by atoms with van der Waals surface area (Å²) >= 11 is 0. The molecule has 3 heterocycles. The first-order valence-corrected chi connectivity index (χ1v) is 7.67. The van der Waals surface area contributed by atoms with Crippen molar-refractivity contribution in [1.82, 2.24) is 20.0 Å². The normalized spacial score (nSPS) is 29.1. The summed E-state index contributed by atoms with van der Waals surface area (Å²) < 4.78 is 11.7. The van der Waals surface area contributed by atoms with Gasteiger partial charge >= 0.3 is 0 Å². The lowest BCUT2D eigenvalue weighted by Gasteiger charge is -2.39. The minimum atomic E-state index is -0.387. The van der Waals surface area contributed by atoms with Crippen LogP contribution in [0, 0.1) is 6.92 Å². The summed E-state index contributed by atoms with van der Waals surface area (Å²) in [5.74, 6) is 0.0144. The zero-order valence-electron chi connectivity index (χ0n) is 13.5. The molecule has 1 amide bonds. The molecule has 0 bridgehead atoms. The Hall–Kier alpha value is -1.44. The van der Waals surface area contributed by atoms with Crippen LogP contribution in [0.4, 0.5) is 0 Å². The van der Waals surface area contributed by atoms with Crippen molar-refractivity contribution < 1.29 is 14.3 Å². The van der Waals surface area contributed by atoms with E-state index in [1.165, 1.54) is 0 Å². The molecule has 122 valence electrons. The van der Waals surface area contributed by atoms with Gasteiger partial charge in [-0.25, -0.2) is 0 Å². The van der Waals surface area contributed by atoms with Gasteiger partial charge in [-0.05, 0) is 13.0 Å². The van der Waals surface area contributed by atoms with Gasteiger partial charge in [0.15, 0.2) is 0 Å². The third-order valence-electron chi connectivity index (χ3n) is 4.29. The number of carbonyl (C=O) groups is 1. The van der Waals surface area contributed by atoms with E-state index in [2.05, 4.69) is 21.2 Å². The van der Waals surface area contributed by atoms with Crippen LogP contribution in [0.2, 0.25) is 0 Å². The van der Waals surface area contributed by atoms with Gasteiger partial charge in [0.25, 0.3) is 5.91 Å². The topological polar surface area (TPSA) is 70.7 Å². The standard InChI is InChI=1S/C15H24N4O3/c1-11-6-12(17-16-11)8-19-4-5-22-15(9-19)7-13(21-10-15)14(20)18(2)3/h6,13H,4-5,7-10H2,1-3H3,(H,16,17). The van der Waals surface area contributed by atoms with E-state index in [1.807, 2.05) is 6.92 Å². The molecule has 0 aromatic carbocycles. The van der Waals surface area contributed by atoms with E-state index in [4.69, 9.17) is 9.47 Å². The maximum Gasteiger partial charge on any atom is 0.251 e. The second-order valence-corrected chi connectivity index (χ2v) is 6.52. The van der Waals surface area contributed by atoms with Gasteiger partial charge in [0.1, 0.15) is 11.7 Å². The molecule has 2 unspecified atom stereocenters. The Morgan fingerprint density at radius 2 is 2.41 bits per heavy atom. The van der Waals surface area contributed by atoms with E-state index in [1.54, 1.807) is 19.0 Å². The molecule has 1 aromatic rings. The van der Waals surface area contributed by atoms with Crippen molar-refractivity contribution in [1.29, 1.82) is 0 Å². The number of morpholine rings is 1. The Balaban J connectivity index is 1.62. The molecule has 2 atom stereocenters. The predicted octanol–water partition coefficient (Wildman–Crippen LogP) is 0.166. The minimum Gasteiger partial charge on any atom is -0.370 e. The van der Waals surface area contributed by atoms with E-state index in [9.17, 15) is 4.79 Å². The Morgan fingerprint density at radius 3 is 3.09 bits per heavy atom. The maximum absolute atomic E-state index is 12.1. The molecule has 2 saturated heterocycles. The molecule has 22 heavy (non-hydrogen) atoms. The highest BCUT2D eigenvalue weighted by Crippen LogP contribution is 2.32. The number of carbonyl (C=O) groups excluding carboxylic acids is 1. The number of hydrogen-bond donors (Lipinski definition) is 1. The number of nitrogens with zero attached hydrogens (tertiary/aromatic N) is 3. The summed E-state index contributed by atoms with van der Waals surface area (Å²) in [6.45, 7) is 5.58. The summed E-state index contributed by atoms with van der Waals surface area (Å²) in [6.07, 6.45) is 0.239. The number of amides is 1. The van der Waals surface area contributed by atoms with Crippen LogP contribution in [0.15, 0.2) is 6.07 Å². The van der Waals surface area contributed by atoms with Crippen LogP contribution in [0.5, 0.6) is 0 Å². The molecule has 2 aliphatic heterocycles. The molecule has 7 nitrogen and oxygen atoms in total. The van der Waals surface area contributed by atoms with Gasteiger partial charge in [-0.2, -0.15) is 5.10 Å². The van der Waals surface area contributed by atoms with E-state index in [0.29, 0.717) is 19.6 Å². The number of nitrogens with one attached hydrogen (secondary N) is 1. The molecule has 0 radical (unpaired) electrons. The smallest absolute Gasteiger partial charge is 0.251 e. The summed E-state index contributed by atoms with van der Waals surface area (Å²) in [4.78, 5) is 16.0. The first-order chi connectivity index (χ1) is 10.5. The van der Waals surface area contributed by atoms with Crippen molar-refractivity contribution in [3.63, 3.8) is 0 Å². The fraction of sp³-hybridized carbons (Fsp3) is 0.733. The van der Waals surface area contributed by atoms with Crippen molar-refractivity contribution in [2.45, 2.75) is 31.6 Å². The maximum atomic E-state index is 12.1. The van der Waals surface area contributed by atoms with E-state index in [-0.39, 0.29) is 17.6 Å². The SMILES string of the molecule is Cc1cc(CN2CCOC3(COC(C(=O)N(C)C)C3)C2)n[nH]1. The minimum absolute atomic E-state index is 0.0144. The van der Waals surface area contributed by atoms with Crippen molar-refractivity contribution in [2.24, 2.45) is 0 Å². The third kappa shape index (κ3) is 3.16. The van der Waals surface area contributed by atoms with Crippen LogP contribution in [0.1, 0.15) is 17.8 Å². The highest BCUT2D eigenvalue weighted by Gasteiger charge is 2.47. The molecular formula is C15H24N4O3. The molecule has 2 fully saturated rings. The number of aromatic amines is 1. The van der Waals surface area contributed by atoms with Crippen LogP contribution in [0.25, 0.3) is 0 Å². The van der Waals surface area contributed by atoms with Crippen molar-refractivity contribution >= 4 is 5.91 Å². The summed E-state index contributed by atoms with van der Waals surface area (Å²) in [6, 6.07) is 2.06. The number of aryl methyl sites for hydroxylation is 1. The van der Waals surface area contributed by atoms with Crippen molar-refractivity contribution in [3.05, 3.63) is 17.5 Å². The van der Waals surface area contributed by atoms with Crippen LogP contribution in [-0.4, -0.2) is 78.0 Å². The number of aromatic nitrogens is 2. The number of H-pyrrole nitrogens is 1. The monoisotopic (exact) mass is 308 g/mol. The van der Waals surface area contributed by atoms with Gasteiger partial charge in [-0.1, -0.05) is 0 Å². The molecule has 1 N–H and O–H groups in total. The van der Waals surface area contributed by atoms with Gasteiger partial charge in [0, 0.05) is 45.8 Å². The second-order valence-electron chi connectivity index (χ2n) is 6.52. The second kappa shape index (κ2) is 5.98. The highest BCUT2D eigenvalue weighted by atomic mass is 16.6. The summed E-state index contributed by atoms with van der Waals surface area (Å²) in [5.41, 5.74) is 1.74. The molecule has 0 aliphatic carbocycles. The van der Waals surface area contributed by atoms with Gasteiger partial charge in [-0.15, -0.1) is 0 Å². The van der Waals surface area contributed by atoms with Crippen LogP contribution in [-0.2, 0) is 20.8 Å². The van der Waals surface area contributed by atoms with E-state index >= 15 is 0 Å². The van der Waals surface area contributed by atoms with Gasteiger partial charge in [0.2, 0.25) is 0 Å². The fourth-order valence-corrected chi connectivity index (χ4v) is 3.21. The van der Waals surface area contributed by atoms with Crippen LogP contribution < -0.4 is 0 Å². The molecule has 1 spiro atoms. The lowest BCUT2D eigenvalue weighted by Crippen LogP contribution is -2.52. The molecule has 2 aliphatic rings. The number of rotatable bonds is 3. The molecular weight excluding hydrogens is 284 g/mol. The highest BCUT2D eigenvalue weighted by molar-refractivity contribution is 5.80. The Kier molecular flexibility index (Phi) is 4.20. The number of likely N-dealkylation sites (N-methyl/N-ethyl adjacent to an activating group) is 1. The lowest BCUT2D eigenvalue weighted by atomic mass is 9.97. The Morgan fingerprint density at radius 1 is 1.59 bits per heavy atom. The number of hydrogen-bond acceptors (Lipinski definition) is 5. The fourth-order valence-electron chi connectivity index (χ4n) is 3.21. The van der Waals surface area contributed by atoms with Gasteiger partial charge < -0.3 is 14.4 Å². The average molecular weight is 308 g/mol. The molecule has 1 aromatic heterocycles. The Labute approximate surface area is 130 Å². The molecule has 3 rings (SSSR count). The van der Waals surface area contributed by atoms with Gasteiger partial charge in [0.05, 0.1) is 18.9 Å². The summed E-state index contributed by atoms with van der Waals surface area (Å²) in [7, 11) is 3.51. The average Bonchev–Trinajstić information content (AvgIpc) is 3.05. The molecule has 0 saturated carbocycles.